The number of rotatable bonds is 0. The Morgan fingerprint density at radius 3 is 3.10 bits per heavy atom. The largest absolute Gasteiger partial charge is 0.305 e. The molecule has 1 unspecified atom stereocenters. The molecule has 0 aromatic heterocycles. The fourth-order valence-electron chi connectivity index (χ4n) is 0.915. The molecule has 4 heteroatoms. The van der Waals surface area contributed by atoms with E-state index in [1.165, 1.54) is 6.34 Å². The van der Waals surface area contributed by atoms with Crippen LogP contribution in [0.1, 0.15) is 0 Å². The van der Waals surface area contributed by atoms with Gasteiger partial charge in [-0.2, -0.15) is 0 Å². The maximum Gasteiger partial charge on any atom is 0.144 e. The summed E-state index contributed by atoms with van der Waals surface area (Å²) in [4.78, 5) is 11.8. The topological polar surface area (TPSA) is 63.1 Å². The van der Waals surface area contributed by atoms with Crippen LogP contribution >= 0.6 is 0 Å². The molecule has 2 rings (SSSR count). The lowest BCUT2D eigenvalue weighted by molar-refractivity contribution is 0.930. The number of allylic oxidation sites excluding steroid dienone is 1. The van der Waals surface area contributed by atoms with Gasteiger partial charge in [-0.15, -0.1) is 0 Å². The van der Waals surface area contributed by atoms with Crippen molar-refractivity contribution in [3.8, 4) is 0 Å². The summed E-state index contributed by atoms with van der Waals surface area (Å²) >= 11 is 0. The first kappa shape index (κ1) is 5.49. The van der Waals surface area contributed by atoms with Gasteiger partial charge in [0.15, 0.2) is 0 Å². The summed E-state index contributed by atoms with van der Waals surface area (Å²) in [6.07, 6.45) is 4.65. The molecule has 0 aromatic carbocycles. The molecule has 0 aromatic rings. The summed E-state index contributed by atoms with van der Waals surface area (Å²) in [5.41, 5.74) is 7.17. The third kappa shape index (κ3) is 0.625. The highest BCUT2D eigenvalue weighted by Crippen LogP contribution is 2.05. The van der Waals surface area contributed by atoms with Crippen LogP contribution in [0.15, 0.2) is 27.3 Å². The van der Waals surface area contributed by atoms with Gasteiger partial charge >= 0.3 is 0 Å². The second-order valence-corrected chi connectivity index (χ2v) is 2.05. The summed E-state index contributed by atoms with van der Waals surface area (Å²) < 4.78 is 0. The van der Waals surface area contributed by atoms with Crippen molar-refractivity contribution in [3.05, 3.63) is 12.3 Å². The van der Waals surface area contributed by atoms with Crippen LogP contribution < -0.4 is 5.73 Å². The number of fused-ring (bicyclic) bond motifs is 1. The SMILES string of the molecule is NC1N=CN=C2C=CN=C21. The normalized spacial score (nSPS) is 27.9. The van der Waals surface area contributed by atoms with Crippen molar-refractivity contribution in [3.63, 3.8) is 0 Å². The molecule has 0 amide bonds. The molecule has 50 valence electrons. The van der Waals surface area contributed by atoms with Crippen LogP contribution in [0, 0.1) is 0 Å². The van der Waals surface area contributed by atoms with E-state index < -0.39 is 0 Å². The van der Waals surface area contributed by atoms with Gasteiger partial charge in [-0.25, -0.2) is 9.98 Å². The van der Waals surface area contributed by atoms with Gasteiger partial charge in [-0.3, -0.25) is 4.99 Å². The predicted molar refractivity (Wildman–Crippen MR) is 40.5 cm³/mol. The molecule has 2 N–H and O–H groups in total. The maximum absolute atomic E-state index is 5.57. The molecule has 2 heterocycles. The van der Waals surface area contributed by atoms with Crippen molar-refractivity contribution in [1.82, 2.24) is 0 Å². The van der Waals surface area contributed by atoms with E-state index in [1.807, 2.05) is 6.08 Å². The minimum absolute atomic E-state index is 0.317. The molecular weight excluding hydrogens is 128 g/mol. The van der Waals surface area contributed by atoms with Crippen LogP contribution in [0.5, 0.6) is 0 Å². The summed E-state index contributed by atoms with van der Waals surface area (Å²) in [6, 6.07) is 0. The van der Waals surface area contributed by atoms with E-state index in [9.17, 15) is 0 Å². The highest BCUT2D eigenvalue weighted by molar-refractivity contribution is 6.51. The Bertz CT molecular complexity index is 271. The molecule has 2 aliphatic rings. The Hall–Kier alpha value is -1.29. The van der Waals surface area contributed by atoms with Crippen LogP contribution in [0.2, 0.25) is 0 Å². The zero-order valence-electron chi connectivity index (χ0n) is 5.23. The first-order valence-electron chi connectivity index (χ1n) is 2.97. The van der Waals surface area contributed by atoms with Gasteiger partial charge in [0.25, 0.3) is 0 Å². The average Bonchev–Trinajstić information content (AvgIpc) is 2.36. The van der Waals surface area contributed by atoms with Crippen LogP contribution in [0.25, 0.3) is 0 Å². The van der Waals surface area contributed by atoms with Gasteiger partial charge in [-0.05, 0) is 6.08 Å². The van der Waals surface area contributed by atoms with Gasteiger partial charge in [0.05, 0.1) is 5.71 Å². The molecule has 10 heavy (non-hydrogen) atoms. The third-order valence-electron chi connectivity index (χ3n) is 1.41. The Labute approximate surface area is 57.9 Å². The second kappa shape index (κ2) is 1.85. The second-order valence-electron chi connectivity index (χ2n) is 2.05. The summed E-state index contributed by atoms with van der Waals surface area (Å²) in [7, 11) is 0. The molecule has 0 fully saturated rings. The lowest BCUT2D eigenvalue weighted by atomic mass is 10.2. The molecule has 0 saturated carbocycles. The number of hydrogen-bond acceptors (Lipinski definition) is 4. The zero-order valence-corrected chi connectivity index (χ0v) is 5.23. The molecule has 1 atom stereocenters. The number of nitrogens with zero attached hydrogens (tertiary/aromatic N) is 3. The van der Waals surface area contributed by atoms with Crippen molar-refractivity contribution in [2.45, 2.75) is 6.17 Å². The Morgan fingerprint density at radius 2 is 2.30 bits per heavy atom. The standard InChI is InChI=1S/C6H6N4/c7-6-5-4(1-2-8-5)9-3-10-6/h1-3,6H,7H2. The molecule has 0 saturated heterocycles. The quantitative estimate of drug-likeness (QED) is 0.486. The molecular formula is C6H6N4. The smallest absolute Gasteiger partial charge is 0.144 e. The molecule has 2 aliphatic heterocycles. The monoisotopic (exact) mass is 134 g/mol. The summed E-state index contributed by atoms with van der Waals surface area (Å²) in [6.45, 7) is 0. The van der Waals surface area contributed by atoms with Crippen molar-refractivity contribution in [2.75, 3.05) is 0 Å². The summed E-state index contributed by atoms with van der Waals surface area (Å²) in [5, 5.41) is 0. The van der Waals surface area contributed by atoms with Gasteiger partial charge < -0.3 is 5.73 Å². The van der Waals surface area contributed by atoms with Gasteiger partial charge in [0.2, 0.25) is 0 Å². The van der Waals surface area contributed by atoms with E-state index in [4.69, 9.17) is 5.73 Å². The van der Waals surface area contributed by atoms with E-state index in [-0.39, 0.29) is 6.17 Å². The Kier molecular flexibility index (Phi) is 1.01. The van der Waals surface area contributed by atoms with E-state index in [0.29, 0.717) is 0 Å². The van der Waals surface area contributed by atoms with Crippen LogP contribution in [-0.4, -0.2) is 23.9 Å². The van der Waals surface area contributed by atoms with Crippen molar-refractivity contribution >= 4 is 17.8 Å². The van der Waals surface area contributed by atoms with E-state index in [0.717, 1.165) is 11.4 Å². The highest BCUT2D eigenvalue weighted by Gasteiger charge is 2.19. The first-order chi connectivity index (χ1) is 4.88. The molecule has 0 radical (unpaired) electrons. The highest BCUT2D eigenvalue weighted by atomic mass is 15.1. The van der Waals surface area contributed by atoms with Crippen molar-refractivity contribution < 1.29 is 0 Å². The summed E-state index contributed by atoms with van der Waals surface area (Å²) in [5.74, 6) is 0. The van der Waals surface area contributed by atoms with E-state index >= 15 is 0 Å². The zero-order chi connectivity index (χ0) is 6.97. The first-order valence-corrected chi connectivity index (χ1v) is 2.97. The molecule has 0 spiro atoms. The molecule has 4 nitrogen and oxygen atoms in total. The van der Waals surface area contributed by atoms with Crippen LogP contribution in [0.4, 0.5) is 0 Å². The number of hydrogen-bond donors (Lipinski definition) is 1. The van der Waals surface area contributed by atoms with E-state index in [1.54, 1.807) is 6.20 Å². The number of aliphatic imine (C=N–C) groups is 3. The fourth-order valence-corrected chi connectivity index (χ4v) is 0.915. The Morgan fingerprint density at radius 1 is 1.40 bits per heavy atom. The third-order valence-corrected chi connectivity index (χ3v) is 1.41. The Balaban J connectivity index is 2.45. The van der Waals surface area contributed by atoms with Gasteiger partial charge in [-0.1, -0.05) is 0 Å². The maximum atomic E-state index is 5.57. The molecule has 0 aliphatic carbocycles. The van der Waals surface area contributed by atoms with Crippen molar-refractivity contribution in [1.29, 1.82) is 0 Å². The van der Waals surface area contributed by atoms with Gasteiger partial charge in [0, 0.05) is 6.20 Å². The minimum Gasteiger partial charge on any atom is -0.305 e. The molecule has 0 bridgehead atoms. The van der Waals surface area contributed by atoms with E-state index in [2.05, 4.69) is 15.0 Å². The minimum atomic E-state index is -0.317. The van der Waals surface area contributed by atoms with Gasteiger partial charge in [0.1, 0.15) is 18.2 Å². The average molecular weight is 134 g/mol. The van der Waals surface area contributed by atoms with Crippen LogP contribution in [-0.2, 0) is 0 Å². The lowest BCUT2D eigenvalue weighted by Gasteiger charge is -2.09. The van der Waals surface area contributed by atoms with Crippen molar-refractivity contribution in [2.24, 2.45) is 20.7 Å². The van der Waals surface area contributed by atoms with Crippen LogP contribution in [0.3, 0.4) is 0 Å². The lowest BCUT2D eigenvalue weighted by Crippen LogP contribution is -2.34. The fraction of sp³-hybridized carbons (Fsp3) is 0.167. The predicted octanol–water partition coefficient (Wildman–Crippen LogP) is -0.278. The number of nitrogens with two attached hydrogens (primary N) is 1.